The predicted molar refractivity (Wildman–Crippen MR) is 35.2 cm³/mol. The molecule has 2 N–H and O–H groups in total. The molecule has 1 aromatic rings. The number of benzene rings is 1. The molecule has 0 aliphatic rings. The van der Waals surface area contributed by atoms with E-state index in [4.69, 9.17) is 10.2 Å². The van der Waals surface area contributed by atoms with Crippen molar-refractivity contribution in [3.05, 3.63) is 23.8 Å². The fraction of sp³-hybridized carbons (Fsp3) is 0. The third kappa shape index (κ3) is 1.45. The fourth-order valence-corrected chi connectivity index (χ4v) is 0.614. The largest absolute Gasteiger partial charge is 0.504 e. The van der Waals surface area contributed by atoms with Gasteiger partial charge in [0.15, 0.2) is 11.5 Å². The molecule has 0 spiro atoms. The maximum atomic E-state index is 10.1. The number of aromatic hydroxyl groups is 2. The van der Waals surface area contributed by atoms with E-state index >= 15 is 0 Å². The van der Waals surface area contributed by atoms with Gasteiger partial charge >= 0.3 is 0 Å². The summed E-state index contributed by atoms with van der Waals surface area (Å²) < 4.78 is 0. The number of phenols is 2. The Morgan fingerprint density at radius 2 is 1.82 bits per heavy atom. The molecule has 4 heteroatoms. The molecule has 1 rings (SSSR count). The summed E-state index contributed by atoms with van der Waals surface area (Å²) in [6.07, 6.45) is 0.596. The van der Waals surface area contributed by atoms with Crippen LogP contribution in [0.15, 0.2) is 18.2 Å². The molecule has 3 nitrogen and oxygen atoms in total. The fourth-order valence-electron chi connectivity index (χ4n) is 0.614. The molecule has 1 aromatic carbocycles. The number of aldehydes is 1. The summed E-state index contributed by atoms with van der Waals surface area (Å²) in [6.45, 7) is 0. The average molecular weight is 405 g/mol. The third-order valence-electron chi connectivity index (χ3n) is 1.14. The van der Waals surface area contributed by atoms with Crippen molar-refractivity contribution in [1.82, 2.24) is 0 Å². The van der Waals surface area contributed by atoms with Crippen LogP contribution in [0.25, 0.3) is 0 Å². The normalized spacial score (nSPS) is 8.36. The van der Waals surface area contributed by atoms with Crippen molar-refractivity contribution in [3.63, 3.8) is 0 Å². The number of hydrogen-bond donors (Lipinski definition) is 2. The molecule has 0 bridgehead atoms. The molecular formula is C7H6O3Rf. The van der Waals surface area contributed by atoms with E-state index < -0.39 is 0 Å². The van der Waals surface area contributed by atoms with Gasteiger partial charge in [-0.1, -0.05) is 0 Å². The summed E-state index contributed by atoms with van der Waals surface area (Å²) in [4.78, 5) is 10.1. The first-order valence-corrected chi connectivity index (χ1v) is 2.71. The van der Waals surface area contributed by atoms with E-state index in [-0.39, 0.29) is 11.5 Å². The Kier molecular flexibility index (Phi) is 2.21. The van der Waals surface area contributed by atoms with Crippen LogP contribution in [0.2, 0.25) is 0 Å². The summed E-state index contributed by atoms with van der Waals surface area (Å²) >= 11 is 0. The van der Waals surface area contributed by atoms with Gasteiger partial charge in [0.25, 0.3) is 0 Å². The van der Waals surface area contributed by atoms with Gasteiger partial charge in [0.1, 0.15) is 6.29 Å². The summed E-state index contributed by atoms with van der Waals surface area (Å²) in [6, 6.07) is 3.88. The maximum Gasteiger partial charge on any atom is 0.158 e. The molecule has 0 amide bonds. The van der Waals surface area contributed by atoms with Crippen molar-refractivity contribution in [2.75, 3.05) is 0 Å². The topological polar surface area (TPSA) is 57.5 Å². The molecule has 11 heavy (non-hydrogen) atoms. The second-order valence-corrected chi connectivity index (χ2v) is 1.87. The van der Waals surface area contributed by atoms with Crippen molar-refractivity contribution in [1.29, 1.82) is 0 Å². The minimum absolute atomic E-state index is 0. The van der Waals surface area contributed by atoms with Gasteiger partial charge in [0.2, 0.25) is 0 Å². The van der Waals surface area contributed by atoms with Gasteiger partial charge in [0.05, 0.1) is 0 Å². The SMILES string of the molecule is O=Cc1ccc(O)c(O)c1.[Rf]. The molecule has 0 aliphatic heterocycles. The quantitative estimate of drug-likeness (QED) is 0.540. The van der Waals surface area contributed by atoms with Crippen LogP contribution in [0, 0.1) is 0 Å². The van der Waals surface area contributed by atoms with Crippen LogP contribution in [0.4, 0.5) is 0 Å². The summed E-state index contributed by atoms with van der Waals surface area (Å²) in [7, 11) is 0. The molecule has 0 saturated heterocycles. The van der Waals surface area contributed by atoms with E-state index in [1.165, 1.54) is 18.2 Å². The molecule has 0 fully saturated rings. The van der Waals surface area contributed by atoms with Crippen molar-refractivity contribution < 1.29 is 15.0 Å². The minimum Gasteiger partial charge on any atom is -0.504 e. The van der Waals surface area contributed by atoms with Gasteiger partial charge in [0, 0.05) is 5.56 Å². The zero-order valence-electron chi connectivity index (χ0n) is 5.82. The van der Waals surface area contributed by atoms with E-state index in [1.54, 1.807) is 0 Å². The minimum atomic E-state index is -0.274. The molecule has 0 aromatic heterocycles. The van der Waals surface area contributed by atoms with E-state index in [9.17, 15) is 4.79 Å². The molecule has 0 atom stereocenters. The Balaban J connectivity index is 0.000001000. The Morgan fingerprint density at radius 3 is 2.27 bits per heavy atom. The van der Waals surface area contributed by atoms with Crippen molar-refractivity contribution in [3.8, 4) is 11.5 Å². The van der Waals surface area contributed by atoms with E-state index in [1.807, 2.05) is 0 Å². The van der Waals surface area contributed by atoms with Crippen LogP contribution in [0.5, 0.6) is 11.5 Å². The standard InChI is InChI=1S/C7H6O3.Rf/c8-4-5-1-2-6(9)7(10)3-5;/h1-4,9-10H;. The second kappa shape index (κ2) is 2.87. The van der Waals surface area contributed by atoms with E-state index in [0.717, 1.165) is 0 Å². The average Bonchev–Trinajstić information content (AvgIpc) is 1.95. The number of carbonyl (C=O) groups is 1. The van der Waals surface area contributed by atoms with E-state index in [2.05, 4.69) is 0 Å². The molecular weight excluding hydrogens is 399 g/mol. The molecule has 54 valence electrons. The second-order valence-electron chi connectivity index (χ2n) is 1.87. The van der Waals surface area contributed by atoms with Crippen LogP contribution in [-0.2, 0) is 0 Å². The van der Waals surface area contributed by atoms with Crippen LogP contribution < -0.4 is 0 Å². The van der Waals surface area contributed by atoms with Crippen molar-refractivity contribution in [2.24, 2.45) is 0 Å². The van der Waals surface area contributed by atoms with Crippen LogP contribution in [0.1, 0.15) is 10.4 Å². The monoisotopic (exact) mass is 405 g/mol. The van der Waals surface area contributed by atoms with Crippen LogP contribution in [0.3, 0.4) is 0 Å². The Labute approximate surface area is 57.5 Å². The number of rotatable bonds is 1. The Hall–Kier alpha value is -2.51. The molecule has 0 unspecified atom stereocenters. The zero-order chi connectivity index (χ0) is 7.56. The first-order valence-electron chi connectivity index (χ1n) is 2.71. The van der Waals surface area contributed by atoms with E-state index in [0.29, 0.717) is 11.8 Å². The number of phenolic OH excluding ortho intramolecular Hbond substituents is 2. The van der Waals surface area contributed by atoms with Gasteiger partial charge in [-0.2, -0.15) is 0 Å². The smallest absolute Gasteiger partial charge is 0.158 e. The number of hydrogen-bond acceptors (Lipinski definition) is 3. The zero-order valence-corrected chi connectivity index (χ0v) is 12.2. The first-order chi connectivity index (χ1) is 4.74. The Morgan fingerprint density at radius 1 is 1.18 bits per heavy atom. The number of carbonyl (C=O) groups excluding carboxylic acids is 1. The maximum absolute atomic E-state index is 10.1. The third-order valence-corrected chi connectivity index (χ3v) is 1.14. The van der Waals surface area contributed by atoms with Crippen LogP contribution >= 0.6 is 0 Å². The molecule has 0 saturated carbocycles. The molecule has 0 heterocycles. The van der Waals surface area contributed by atoms with Gasteiger partial charge in [-0.3, -0.25) is 4.79 Å². The summed E-state index contributed by atoms with van der Waals surface area (Å²) in [5.74, 6) is -0.491. The van der Waals surface area contributed by atoms with Crippen LogP contribution in [-0.4, -0.2) is 16.5 Å². The van der Waals surface area contributed by atoms with Gasteiger partial charge in [-0.05, 0) is 18.2 Å². The van der Waals surface area contributed by atoms with Crippen molar-refractivity contribution >= 4 is 6.29 Å². The first kappa shape index (κ1) is 8.49. The van der Waals surface area contributed by atoms with Gasteiger partial charge in [-0.25, -0.2) is 0 Å². The van der Waals surface area contributed by atoms with Crippen molar-refractivity contribution in [2.45, 2.75) is 0 Å². The molecule has 0 aliphatic carbocycles. The summed E-state index contributed by atoms with van der Waals surface area (Å²) in [5.41, 5.74) is 0.343. The van der Waals surface area contributed by atoms with Gasteiger partial charge < -0.3 is 10.2 Å². The molecule has 0 radical (unpaired) electrons. The Bertz CT molecular complexity index is 260. The summed E-state index contributed by atoms with van der Waals surface area (Å²) in [5, 5.41) is 17.6. The van der Waals surface area contributed by atoms with Gasteiger partial charge in [-0.15, -0.1) is 0 Å². The predicted octanol–water partition coefficient (Wildman–Crippen LogP) is 0.910.